The van der Waals surface area contributed by atoms with Crippen molar-refractivity contribution in [1.82, 2.24) is 20.9 Å². The molecular formula is C28H34N6O7. The van der Waals surface area contributed by atoms with E-state index < -0.39 is 59.6 Å². The summed E-state index contributed by atoms with van der Waals surface area (Å²) < 4.78 is 0. The number of nitrogens with zero attached hydrogens (tertiary/aromatic N) is 2. The summed E-state index contributed by atoms with van der Waals surface area (Å²) in [5.74, 6) is -3.30. The Balaban J connectivity index is 1.98. The Morgan fingerprint density at radius 1 is 0.976 bits per heavy atom. The van der Waals surface area contributed by atoms with E-state index in [2.05, 4.69) is 16.0 Å². The Kier molecular flexibility index (Phi) is 12.2. The molecule has 13 heteroatoms. The largest absolute Gasteiger partial charge is 0.368 e. The molecule has 0 spiro atoms. The highest BCUT2D eigenvalue weighted by Gasteiger charge is 2.29. The number of amides is 5. The second-order valence-corrected chi connectivity index (χ2v) is 9.52. The molecule has 0 unspecified atom stereocenters. The first-order valence-corrected chi connectivity index (χ1v) is 12.7. The first kappa shape index (κ1) is 32.1. The number of rotatable bonds is 14. The smallest absolute Gasteiger partial charge is 0.269 e. The molecule has 0 aliphatic carbocycles. The van der Waals surface area contributed by atoms with Crippen LogP contribution < -0.4 is 21.7 Å². The van der Waals surface area contributed by atoms with E-state index >= 15 is 0 Å². The maximum absolute atomic E-state index is 13.0. The van der Waals surface area contributed by atoms with Gasteiger partial charge in [0.2, 0.25) is 29.5 Å². The van der Waals surface area contributed by atoms with Gasteiger partial charge in [-0.15, -0.1) is 0 Å². The molecule has 2 aromatic carbocycles. The average Bonchev–Trinajstić information content (AvgIpc) is 2.93. The van der Waals surface area contributed by atoms with Crippen molar-refractivity contribution < 1.29 is 28.9 Å². The van der Waals surface area contributed by atoms with Gasteiger partial charge in [-0.25, -0.2) is 0 Å². The van der Waals surface area contributed by atoms with Crippen molar-refractivity contribution in [2.45, 2.75) is 32.4 Å². The lowest BCUT2D eigenvalue weighted by Crippen LogP contribution is -2.54. The molecule has 0 aliphatic rings. The van der Waals surface area contributed by atoms with Crippen LogP contribution >= 0.6 is 0 Å². The van der Waals surface area contributed by atoms with Crippen LogP contribution in [0.5, 0.6) is 0 Å². The molecule has 2 aromatic rings. The molecule has 0 aromatic heterocycles. The summed E-state index contributed by atoms with van der Waals surface area (Å²) in [6, 6.07) is 12.5. The van der Waals surface area contributed by atoms with E-state index in [9.17, 15) is 34.1 Å². The topological polar surface area (TPSA) is 194 Å². The molecule has 13 nitrogen and oxygen atoms in total. The number of nitrogens with one attached hydrogen (secondary N) is 3. The average molecular weight is 567 g/mol. The van der Waals surface area contributed by atoms with E-state index in [1.165, 1.54) is 48.4 Å². The van der Waals surface area contributed by atoms with Crippen LogP contribution in [0.2, 0.25) is 0 Å². The number of carbonyl (C=O) groups excluding carboxylic acids is 5. The quantitative estimate of drug-likeness (QED) is 0.145. The number of non-ortho nitro benzene ring substituents is 1. The Hall–Kier alpha value is -5.07. The van der Waals surface area contributed by atoms with E-state index in [0.29, 0.717) is 5.56 Å². The molecule has 5 N–H and O–H groups in total. The summed E-state index contributed by atoms with van der Waals surface area (Å²) in [6.07, 6.45) is 2.71. The summed E-state index contributed by atoms with van der Waals surface area (Å²) in [4.78, 5) is 73.5. The van der Waals surface area contributed by atoms with Crippen molar-refractivity contribution in [3.63, 3.8) is 0 Å². The van der Waals surface area contributed by atoms with Crippen molar-refractivity contribution >= 4 is 41.3 Å². The zero-order valence-electron chi connectivity index (χ0n) is 23.0. The lowest BCUT2D eigenvalue weighted by Gasteiger charge is -2.29. The number of benzene rings is 2. The first-order chi connectivity index (χ1) is 19.4. The monoisotopic (exact) mass is 566 g/mol. The number of carbonyl (C=O) groups is 5. The fourth-order valence-corrected chi connectivity index (χ4v) is 3.94. The van der Waals surface area contributed by atoms with Gasteiger partial charge in [0.05, 0.1) is 18.0 Å². The maximum Gasteiger partial charge on any atom is 0.269 e. The van der Waals surface area contributed by atoms with Crippen LogP contribution in [0.25, 0.3) is 6.08 Å². The van der Waals surface area contributed by atoms with Crippen LogP contribution in [0.15, 0.2) is 60.7 Å². The van der Waals surface area contributed by atoms with Gasteiger partial charge in [-0.1, -0.05) is 44.2 Å². The SMILES string of the molecule is CC(C)[C@@H](C(N)=O)N(C)C(=O)CNC(=O)[C@H](Cc1ccccc1)NC(=O)CNC(=O)/C=C/c1ccc([N+](=O)[O-])cc1. The number of likely N-dealkylation sites (N-methyl/N-ethyl adjacent to an activating group) is 1. The minimum atomic E-state index is -1.06. The molecule has 2 atom stereocenters. The minimum absolute atomic E-state index is 0.0841. The summed E-state index contributed by atoms with van der Waals surface area (Å²) in [5.41, 5.74) is 6.62. The van der Waals surface area contributed by atoms with Crippen molar-refractivity contribution in [3.8, 4) is 0 Å². The highest BCUT2D eigenvalue weighted by molar-refractivity contribution is 5.96. The van der Waals surface area contributed by atoms with E-state index in [1.54, 1.807) is 44.2 Å². The fraction of sp³-hybridized carbons (Fsp3) is 0.321. The van der Waals surface area contributed by atoms with Gasteiger partial charge in [-0.05, 0) is 35.3 Å². The molecule has 41 heavy (non-hydrogen) atoms. The number of nitro groups is 1. The third-order valence-electron chi connectivity index (χ3n) is 6.04. The summed E-state index contributed by atoms with van der Waals surface area (Å²) in [6.45, 7) is 2.64. The molecule has 0 radical (unpaired) electrons. The van der Waals surface area contributed by atoms with Crippen LogP contribution in [0.3, 0.4) is 0 Å². The van der Waals surface area contributed by atoms with Gasteiger partial charge in [0, 0.05) is 31.7 Å². The Labute approximate surface area is 237 Å². The highest BCUT2D eigenvalue weighted by atomic mass is 16.6. The maximum atomic E-state index is 13.0. The molecule has 0 saturated heterocycles. The van der Waals surface area contributed by atoms with E-state index in [1.807, 2.05) is 0 Å². The molecule has 2 rings (SSSR count). The van der Waals surface area contributed by atoms with Crippen LogP contribution in [-0.2, 0) is 30.4 Å². The van der Waals surface area contributed by atoms with E-state index in [4.69, 9.17) is 5.73 Å². The van der Waals surface area contributed by atoms with Crippen molar-refractivity contribution in [2.75, 3.05) is 20.1 Å². The van der Waals surface area contributed by atoms with Gasteiger partial charge >= 0.3 is 0 Å². The predicted molar refractivity (Wildman–Crippen MR) is 151 cm³/mol. The lowest BCUT2D eigenvalue weighted by atomic mass is 10.0. The van der Waals surface area contributed by atoms with Gasteiger partial charge in [0.1, 0.15) is 12.1 Å². The zero-order valence-corrected chi connectivity index (χ0v) is 23.0. The minimum Gasteiger partial charge on any atom is -0.368 e. The Bertz CT molecular complexity index is 1280. The van der Waals surface area contributed by atoms with Crippen molar-refractivity contribution in [2.24, 2.45) is 11.7 Å². The van der Waals surface area contributed by atoms with Gasteiger partial charge in [0.15, 0.2) is 0 Å². The normalized spacial score (nSPS) is 12.3. The summed E-state index contributed by atoms with van der Waals surface area (Å²) in [5, 5.41) is 18.2. The summed E-state index contributed by atoms with van der Waals surface area (Å²) in [7, 11) is 1.42. The highest BCUT2D eigenvalue weighted by Crippen LogP contribution is 2.13. The first-order valence-electron chi connectivity index (χ1n) is 12.7. The van der Waals surface area contributed by atoms with Crippen molar-refractivity contribution in [1.29, 1.82) is 0 Å². The molecular weight excluding hydrogens is 532 g/mol. The number of primary amides is 1. The predicted octanol–water partition coefficient (Wildman–Crippen LogP) is 0.536. The van der Waals surface area contributed by atoms with Gasteiger partial charge in [-0.3, -0.25) is 34.1 Å². The third-order valence-corrected chi connectivity index (χ3v) is 6.04. The zero-order chi connectivity index (χ0) is 30.5. The number of nitro benzene ring substituents is 1. The third kappa shape index (κ3) is 10.5. The molecule has 0 aliphatic heterocycles. The molecule has 5 amide bonds. The molecule has 0 bridgehead atoms. The van der Waals surface area contributed by atoms with Gasteiger partial charge in [-0.2, -0.15) is 0 Å². The lowest BCUT2D eigenvalue weighted by molar-refractivity contribution is -0.384. The standard InChI is InChI=1S/C28H34N6O7/c1-18(2)26(27(29)38)33(3)25(37)17-31-28(39)22(15-20-7-5-4-6-8-20)32-24(36)16-30-23(35)14-11-19-9-12-21(13-10-19)34(40)41/h4-14,18,22,26H,15-17H2,1-3H3,(H2,29,38)(H,30,35)(H,31,39)(H,32,36)/b14-11+/t22-,26-/m0/s1. The second kappa shape index (κ2) is 15.5. The number of hydrogen-bond acceptors (Lipinski definition) is 7. The van der Waals surface area contributed by atoms with Crippen molar-refractivity contribution in [3.05, 3.63) is 81.9 Å². The van der Waals surface area contributed by atoms with Gasteiger partial charge in [0.25, 0.3) is 5.69 Å². The van der Waals surface area contributed by atoms with Crippen LogP contribution in [0, 0.1) is 16.0 Å². The van der Waals surface area contributed by atoms with Crippen LogP contribution in [-0.4, -0.2) is 71.6 Å². The van der Waals surface area contributed by atoms with Crippen LogP contribution in [0.4, 0.5) is 5.69 Å². The Morgan fingerprint density at radius 3 is 2.17 bits per heavy atom. The van der Waals surface area contributed by atoms with E-state index in [0.717, 1.165) is 5.56 Å². The molecule has 0 heterocycles. The van der Waals surface area contributed by atoms with Gasteiger partial charge < -0.3 is 26.6 Å². The van der Waals surface area contributed by atoms with E-state index in [-0.39, 0.29) is 18.0 Å². The number of nitrogens with two attached hydrogens (primary N) is 1. The Morgan fingerprint density at radius 2 is 1.61 bits per heavy atom. The fourth-order valence-electron chi connectivity index (χ4n) is 3.94. The molecule has 0 fully saturated rings. The molecule has 218 valence electrons. The molecule has 0 saturated carbocycles. The second-order valence-electron chi connectivity index (χ2n) is 9.52. The number of hydrogen-bond donors (Lipinski definition) is 4. The van der Waals surface area contributed by atoms with Crippen LogP contribution in [0.1, 0.15) is 25.0 Å². The summed E-state index contributed by atoms with van der Waals surface area (Å²) >= 11 is 0.